The van der Waals surface area contributed by atoms with E-state index in [4.69, 9.17) is 4.74 Å². The fourth-order valence-electron chi connectivity index (χ4n) is 4.61. The van der Waals surface area contributed by atoms with Crippen LogP contribution >= 0.6 is 0 Å². The lowest BCUT2D eigenvalue weighted by Gasteiger charge is -2.43. The smallest absolute Gasteiger partial charge is 0.335 e. The summed E-state index contributed by atoms with van der Waals surface area (Å²) in [5, 5.41) is 2.26. The molecule has 7 heteroatoms. The number of nitrogens with one attached hydrogen (secondary N) is 1. The van der Waals surface area contributed by atoms with Gasteiger partial charge >= 0.3 is 6.03 Å². The Morgan fingerprint density at radius 1 is 1.09 bits per heavy atom. The summed E-state index contributed by atoms with van der Waals surface area (Å²) in [7, 11) is 1.55. The van der Waals surface area contributed by atoms with Gasteiger partial charge in [0.2, 0.25) is 0 Å². The summed E-state index contributed by atoms with van der Waals surface area (Å²) in [5.74, 6) is -0.882. The van der Waals surface area contributed by atoms with Gasteiger partial charge in [0, 0.05) is 29.4 Å². The molecular formula is C26H27N3O4. The molecule has 0 unspecified atom stereocenters. The highest BCUT2D eigenvalue weighted by Gasteiger charge is 2.37. The zero-order chi connectivity index (χ0) is 23.9. The van der Waals surface area contributed by atoms with Crippen molar-refractivity contribution in [3.8, 4) is 5.75 Å². The molecule has 1 saturated heterocycles. The molecule has 2 heterocycles. The van der Waals surface area contributed by atoms with E-state index >= 15 is 0 Å². The Balaban J connectivity index is 1.83. The van der Waals surface area contributed by atoms with Crippen LogP contribution in [-0.4, -0.2) is 37.0 Å². The van der Waals surface area contributed by atoms with E-state index in [2.05, 4.69) is 37.1 Å². The quantitative estimate of drug-likeness (QED) is 0.558. The molecule has 1 N–H and O–H groups in total. The summed E-state index contributed by atoms with van der Waals surface area (Å²) >= 11 is 0. The number of amides is 4. The van der Waals surface area contributed by atoms with Crippen molar-refractivity contribution in [2.45, 2.75) is 33.2 Å². The van der Waals surface area contributed by atoms with Crippen molar-refractivity contribution in [1.29, 1.82) is 0 Å². The molecule has 0 spiro atoms. The van der Waals surface area contributed by atoms with Gasteiger partial charge in [-0.05, 0) is 57.5 Å². The molecule has 2 aromatic rings. The number of anilines is 2. The minimum Gasteiger partial charge on any atom is -0.496 e. The van der Waals surface area contributed by atoms with E-state index in [9.17, 15) is 14.4 Å². The summed E-state index contributed by atoms with van der Waals surface area (Å²) in [5.41, 5.74) is 3.80. The minimum atomic E-state index is -0.773. The number of imide groups is 2. The van der Waals surface area contributed by atoms with Gasteiger partial charge in [0.25, 0.3) is 11.8 Å². The van der Waals surface area contributed by atoms with E-state index < -0.39 is 17.8 Å². The molecule has 4 rings (SSSR count). The molecule has 0 aliphatic carbocycles. The standard InChI is InChI=1S/C26H27N3O4/c1-6-28-21-14-22(33-5)17(12-19(21)16(2)15-26(28,3)4)13-20-23(30)27-25(32)29(24(20)31)18-10-8-7-9-11-18/h7-15H,6H2,1-5H3,(H,27,30,32)/b20-13-. The molecule has 2 aliphatic heterocycles. The second-order valence-electron chi connectivity index (χ2n) is 8.63. The molecule has 0 radical (unpaired) electrons. The van der Waals surface area contributed by atoms with Gasteiger partial charge in [-0.3, -0.25) is 14.9 Å². The number of benzene rings is 2. The highest BCUT2D eigenvalue weighted by atomic mass is 16.5. The van der Waals surface area contributed by atoms with Crippen molar-refractivity contribution in [2.75, 3.05) is 23.5 Å². The molecule has 33 heavy (non-hydrogen) atoms. The van der Waals surface area contributed by atoms with E-state index in [1.165, 1.54) is 6.08 Å². The van der Waals surface area contributed by atoms with Gasteiger partial charge in [0.05, 0.1) is 18.3 Å². The second-order valence-corrected chi connectivity index (χ2v) is 8.63. The third-order valence-corrected chi connectivity index (χ3v) is 6.06. The maximum Gasteiger partial charge on any atom is 0.335 e. The summed E-state index contributed by atoms with van der Waals surface area (Å²) in [4.78, 5) is 41.5. The number of urea groups is 1. The number of barbiturate groups is 1. The predicted octanol–water partition coefficient (Wildman–Crippen LogP) is 4.38. The van der Waals surface area contributed by atoms with Crippen LogP contribution in [0.2, 0.25) is 0 Å². The molecule has 2 aromatic carbocycles. The largest absolute Gasteiger partial charge is 0.496 e. The molecule has 7 nitrogen and oxygen atoms in total. The predicted molar refractivity (Wildman–Crippen MR) is 129 cm³/mol. The van der Waals surface area contributed by atoms with Gasteiger partial charge in [-0.25, -0.2) is 9.69 Å². The van der Waals surface area contributed by atoms with Crippen LogP contribution in [0.4, 0.5) is 16.2 Å². The topological polar surface area (TPSA) is 79.0 Å². The maximum absolute atomic E-state index is 13.2. The first kappa shape index (κ1) is 22.3. The van der Waals surface area contributed by atoms with Crippen molar-refractivity contribution in [2.24, 2.45) is 0 Å². The Morgan fingerprint density at radius 2 is 1.79 bits per heavy atom. The van der Waals surface area contributed by atoms with Crippen molar-refractivity contribution >= 4 is 40.9 Å². The number of allylic oxidation sites excluding steroid dienone is 1. The van der Waals surface area contributed by atoms with Crippen molar-refractivity contribution in [3.05, 3.63) is 65.2 Å². The van der Waals surface area contributed by atoms with Crippen molar-refractivity contribution in [3.63, 3.8) is 0 Å². The Hall–Kier alpha value is -3.87. The van der Waals surface area contributed by atoms with Gasteiger partial charge in [0.15, 0.2) is 0 Å². The monoisotopic (exact) mass is 445 g/mol. The number of ether oxygens (including phenoxy) is 1. The Kier molecular flexibility index (Phi) is 5.57. The highest BCUT2D eigenvalue weighted by Crippen LogP contribution is 2.42. The molecule has 4 amide bonds. The number of hydrogen-bond acceptors (Lipinski definition) is 5. The third kappa shape index (κ3) is 3.80. The van der Waals surface area contributed by atoms with Crippen LogP contribution in [0, 0.1) is 0 Å². The van der Waals surface area contributed by atoms with Crippen LogP contribution < -0.4 is 19.9 Å². The van der Waals surface area contributed by atoms with Gasteiger partial charge in [-0.1, -0.05) is 24.3 Å². The first-order valence-corrected chi connectivity index (χ1v) is 10.8. The molecule has 0 bridgehead atoms. The van der Waals surface area contributed by atoms with E-state index in [1.807, 2.05) is 19.1 Å². The van der Waals surface area contributed by atoms with Crippen LogP contribution in [0.15, 0.2) is 54.1 Å². The fraction of sp³-hybridized carbons (Fsp3) is 0.269. The zero-order valence-electron chi connectivity index (χ0n) is 19.4. The number of fused-ring (bicyclic) bond motifs is 1. The van der Waals surface area contributed by atoms with Crippen molar-refractivity contribution < 1.29 is 19.1 Å². The number of carbonyl (C=O) groups is 3. The van der Waals surface area contributed by atoms with E-state index in [0.717, 1.165) is 28.3 Å². The lowest BCUT2D eigenvalue weighted by molar-refractivity contribution is -0.122. The van der Waals surface area contributed by atoms with Gasteiger partial charge in [-0.15, -0.1) is 0 Å². The first-order valence-electron chi connectivity index (χ1n) is 10.8. The summed E-state index contributed by atoms with van der Waals surface area (Å²) in [6.45, 7) is 9.27. The number of hydrogen-bond donors (Lipinski definition) is 1. The number of para-hydroxylation sites is 1. The third-order valence-electron chi connectivity index (χ3n) is 6.06. The lowest BCUT2D eigenvalue weighted by atomic mass is 9.87. The molecule has 0 aromatic heterocycles. The molecular weight excluding hydrogens is 418 g/mol. The van der Waals surface area contributed by atoms with E-state index in [1.54, 1.807) is 37.4 Å². The summed E-state index contributed by atoms with van der Waals surface area (Å²) in [6.07, 6.45) is 3.69. The maximum atomic E-state index is 13.2. The highest BCUT2D eigenvalue weighted by molar-refractivity contribution is 6.39. The second kappa shape index (κ2) is 8.24. The van der Waals surface area contributed by atoms with E-state index in [0.29, 0.717) is 17.0 Å². The van der Waals surface area contributed by atoms with Crippen molar-refractivity contribution in [1.82, 2.24) is 5.32 Å². The van der Waals surface area contributed by atoms with Crippen LogP contribution in [0.5, 0.6) is 5.75 Å². The van der Waals surface area contributed by atoms with Gasteiger partial charge in [0.1, 0.15) is 11.3 Å². The van der Waals surface area contributed by atoms with Crippen LogP contribution in [-0.2, 0) is 9.59 Å². The average molecular weight is 446 g/mol. The zero-order valence-corrected chi connectivity index (χ0v) is 19.4. The van der Waals surface area contributed by atoms with Gasteiger partial charge < -0.3 is 9.64 Å². The average Bonchev–Trinajstić information content (AvgIpc) is 2.76. The van der Waals surface area contributed by atoms with Crippen LogP contribution in [0.25, 0.3) is 11.6 Å². The number of rotatable bonds is 4. The minimum absolute atomic E-state index is 0.137. The van der Waals surface area contributed by atoms with Gasteiger partial charge in [-0.2, -0.15) is 0 Å². The normalized spacial score (nSPS) is 18.8. The molecule has 0 saturated carbocycles. The van der Waals surface area contributed by atoms with Crippen LogP contribution in [0.3, 0.4) is 0 Å². The Bertz CT molecular complexity index is 1210. The fourth-order valence-corrected chi connectivity index (χ4v) is 4.61. The SMILES string of the molecule is CCN1c2cc(OC)c(/C=C3/C(=O)NC(=O)N(c4ccccc4)C3=O)cc2C(C)=CC1(C)C. The Labute approximate surface area is 193 Å². The summed E-state index contributed by atoms with van der Waals surface area (Å²) in [6, 6.07) is 11.6. The lowest BCUT2D eigenvalue weighted by Crippen LogP contribution is -2.54. The number of nitrogens with zero attached hydrogens (tertiary/aromatic N) is 2. The number of methoxy groups -OCH3 is 1. The summed E-state index contributed by atoms with van der Waals surface area (Å²) < 4.78 is 5.64. The molecule has 2 aliphatic rings. The number of carbonyl (C=O) groups excluding carboxylic acids is 3. The Morgan fingerprint density at radius 3 is 2.42 bits per heavy atom. The van der Waals surface area contributed by atoms with E-state index in [-0.39, 0.29) is 11.1 Å². The first-order chi connectivity index (χ1) is 15.7. The molecule has 170 valence electrons. The van der Waals surface area contributed by atoms with Crippen LogP contribution in [0.1, 0.15) is 38.8 Å². The molecule has 1 fully saturated rings. The number of likely N-dealkylation sites (N-methyl/N-ethyl adjacent to an activating group) is 1. The molecule has 0 atom stereocenters.